The smallest absolute Gasteiger partial charge is 0.459 e. The molecule has 0 radical (unpaired) electrons. The Morgan fingerprint density at radius 2 is 1.88 bits per heavy atom. The number of ether oxygens (including phenoxy) is 2. The molecule has 5 atom stereocenters. The molecule has 0 saturated carbocycles. The fraction of sp³-hybridized carbons (Fsp3) is 0.576. The highest BCUT2D eigenvalue weighted by molar-refractivity contribution is 7.52. The second kappa shape index (κ2) is 19.3. The molecule has 1 aliphatic heterocycles. The predicted octanol–water partition coefficient (Wildman–Crippen LogP) is 3.39. The molecule has 15 heteroatoms. The number of para-hydroxylation sites is 1. The lowest BCUT2D eigenvalue weighted by Gasteiger charge is -2.24. The summed E-state index contributed by atoms with van der Waals surface area (Å²) in [6.07, 6.45) is 3.48. The van der Waals surface area contributed by atoms with Gasteiger partial charge in [0, 0.05) is 19.0 Å². The number of benzene rings is 1. The van der Waals surface area contributed by atoms with Crippen molar-refractivity contribution in [3.8, 4) is 17.6 Å². The van der Waals surface area contributed by atoms with Gasteiger partial charge in [0.25, 0.3) is 5.56 Å². The second-order valence-electron chi connectivity index (χ2n) is 12.0. The predicted molar refractivity (Wildman–Crippen MR) is 178 cm³/mol. The van der Waals surface area contributed by atoms with Gasteiger partial charge >= 0.3 is 19.4 Å². The molecule has 1 aliphatic rings. The molecule has 0 spiro atoms. The maximum atomic E-state index is 13.8. The van der Waals surface area contributed by atoms with E-state index in [4.69, 9.17) is 18.5 Å². The van der Waals surface area contributed by atoms with Crippen LogP contribution in [0.25, 0.3) is 0 Å². The van der Waals surface area contributed by atoms with Crippen LogP contribution in [-0.2, 0) is 28.2 Å². The SMILES string of the molecule is CCCCCCCC(=O)NCC#Cc1cn(C2C[C@H](O)[C@@H](COP(=O)(N[C@@H](C)C(=O)OCC(C)C)Oc3ccccc3)O2)c(=O)[nH]c1=O. The number of H-pyrrole nitrogens is 1. The third-order valence-corrected chi connectivity index (χ3v) is 8.87. The number of esters is 1. The van der Waals surface area contributed by atoms with E-state index in [2.05, 4.69) is 34.2 Å². The summed E-state index contributed by atoms with van der Waals surface area (Å²) in [5.74, 6) is 4.90. The Bertz CT molecular complexity index is 1570. The first-order valence-corrected chi connectivity index (χ1v) is 17.8. The normalized spacial score (nSPS) is 19.2. The third-order valence-electron chi connectivity index (χ3n) is 7.23. The van der Waals surface area contributed by atoms with Crippen molar-refractivity contribution in [1.29, 1.82) is 0 Å². The van der Waals surface area contributed by atoms with Crippen LogP contribution in [0.1, 0.15) is 84.4 Å². The number of aromatic nitrogens is 2. The Balaban J connectivity index is 1.64. The number of carbonyl (C=O) groups is 2. The van der Waals surface area contributed by atoms with Gasteiger partial charge in [-0.2, -0.15) is 5.09 Å². The molecule has 3 rings (SSSR count). The zero-order valence-electron chi connectivity index (χ0n) is 27.9. The van der Waals surface area contributed by atoms with Crippen molar-refractivity contribution < 1.29 is 37.8 Å². The van der Waals surface area contributed by atoms with Crippen LogP contribution in [0.3, 0.4) is 0 Å². The first-order chi connectivity index (χ1) is 22.9. The van der Waals surface area contributed by atoms with Gasteiger partial charge < -0.3 is 24.4 Å². The van der Waals surface area contributed by atoms with Gasteiger partial charge in [0.15, 0.2) is 0 Å². The van der Waals surface area contributed by atoms with Gasteiger partial charge in [0.2, 0.25) is 5.91 Å². The number of aliphatic hydroxyl groups excluding tert-OH is 1. The van der Waals surface area contributed by atoms with Crippen LogP contribution in [-0.4, -0.2) is 64.5 Å². The summed E-state index contributed by atoms with van der Waals surface area (Å²) >= 11 is 0. The number of nitrogens with zero attached hydrogens (tertiary/aromatic N) is 1. The number of rotatable bonds is 18. The minimum absolute atomic E-state index is 0.0254. The summed E-state index contributed by atoms with van der Waals surface area (Å²) in [6, 6.07) is 7.13. The summed E-state index contributed by atoms with van der Waals surface area (Å²) in [7, 11) is -4.23. The first-order valence-electron chi connectivity index (χ1n) is 16.3. The largest absolute Gasteiger partial charge is 0.464 e. The highest BCUT2D eigenvalue weighted by Gasteiger charge is 2.39. The summed E-state index contributed by atoms with van der Waals surface area (Å²) < 4.78 is 37.3. The van der Waals surface area contributed by atoms with Crippen LogP contribution in [0.2, 0.25) is 0 Å². The first kappa shape index (κ1) is 38.7. The zero-order valence-corrected chi connectivity index (χ0v) is 28.8. The van der Waals surface area contributed by atoms with Crippen LogP contribution < -0.4 is 26.2 Å². The van der Waals surface area contributed by atoms with E-state index in [9.17, 15) is 28.8 Å². The molecular weight excluding hydrogens is 643 g/mol. The Hall–Kier alpha value is -3.73. The maximum Gasteiger partial charge on any atom is 0.459 e. The Morgan fingerprint density at radius 1 is 1.15 bits per heavy atom. The summed E-state index contributed by atoms with van der Waals surface area (Å²) in [4.78, 5) is 51.8. The lowest BCUT2D eigenvalue weighted by molar-refractivity contribution is -0.146. The van der Waals surface area contributed by atoms with E-state index in [0.717, 1.165) is 36.7 Å². The monoisotopic (exact) mass is 690 g/mol. The molecule has 1 amide bonds. The number of hydrogen-bond acceptors (Lipinski definition) is 10. The molecule has 1 aromatic heterocycles. The molecule has 264 valence electrons. The number of aromatic amines is 1. The topological polar surface area (TPSA) is 187 Å². The van der Waals surface area contributed by atoms with Crippen molar-refractivity contribution in [3.63, 3.8) is 0 Å². The molecule has 0 bridgehead atoms. The van der Waals surface area contributed by atoms with Gasteiger partial charge in [-0.1, -0.05) is 76.5 Å². The second-order valence-corrected chi connectivity index (χ2v) is 13.7. The zero-order chi connectivity index (χ0) is 35.1. The average Bonchev–Trinajstić information content (AvgIpc) is 3.41. The molecule has 1 fully saturated rings. The van der Waals surface area contributed by atoms with E-state index < -0.39 is 56.0 Å². The Kier molecular flexibility index (Phi) is 15.6. The molecule has 1 saturated heterocycles. The highest BCUT2D eigenvalue weighted by atomic mass is 31.2. The van der Waals surface area contributed by atoms with Crippen LogP contribution >= 0.6 is 7.75 Å². The average molecular weight is 691 g/mol. The molecule has 4 N–H and O–H groups in total. The molecular formula is C33H47N4O10P. The minimum Gasteiger partial charge on any atom is -0.464 e. The Morgan fingerprint density at radius 3 is 2.58 bits per heavy atom. The quantitative estimate of drug-likeness (QED) is 0.0777. The minimum atomic E-state index is -4.23. The number of hydrogen-bond donors (Lipinski definition) is 4. The fourth-order valence-corrected chi connectivity index (χ4v) is 6.13. The van der Waals surface area contributed by atoms with Gasteiger partial charge in [0.05, 0.1) is 25.9 Å². The molecule has 1 aromatic carbocycles. The number of amides is 1. The molecule has 2 aromatic rings. The van der Waals surface area contributed by atoms with Crippen LogP contribution in [0, 0.1) is 17.8 Å². The van der Waals surface area contributed by atoms with Crippen molar-refractivity contribution in [2.45, 2.75) is 97.1 Å². The van der Waals surface area contributed by atoms with E-state index >= 15 is 0 Å². The van der Waals surface area contributed by atoms with Crippen molar-refractivity contribution in [2.24, 2.45) is 5.92 Å². The van der Waals surface area contributed by atoms with Crippen LogP contribution in [0.5, 0.6) is 5.75 Å². The fourth-order valence-electron chi connectivity index (χ4n) is 4.63. The van der Waals surface area contributed by atoms with E-state index in [-0.39, 0.29) is 42.7 Å². The third kappa shape index (κ3) is 12.7. The molecule has 2 unspecified atom stereocenters. The lowest BCUT2D eigenvalue weighted by atomic mass is 10.1. The van der Waals surface area contributed by atoms with Crippen molar-refractivity contribution in [3.05, 3.63) is 62.9 Å². The number of aliphatic hydroxyl groups is 1. The highest BCUT2D eigenvalue weighted by Crippen LogP contribution is 2.46. The van der Waals surface area contributed by atoms with E-state index in [1.54, 1.807) is 30.3 Å². The van der Waals surface area contributed by atoms with Crippen molar-refractivity contribution >= 4 is 19.6 Å². The maximum absolute atomic E-state index is 13.8. The molecule has 14 nitrogen and oxygen atoms in total. The number of nitrogens with one attached hydrogen (secondary N) is 3. The van der Waals surface area contributed by atoms with E-state index in [1.807, 2.05) is 13.8 Å². The van der Waals surface area contributed by atoms with Gasteiger partial charge in [0.1, 0.15) is 29.7 Å². The number of unbranched alkanes of at least 4 members (excludes halogenated alkanes) is 4. The Labute approximate surface area is 280 Å². The van der Waals surface area contributed by atoms with Gasteiger partial charge in [-0.15, -0.1) is 0 Å². The standard InChI is InChI=1S/C33H47N4O10P/c1-5-6-7-8-12-17-29(39)34-18-13-14-25-20-37(33(42)35-31(25)40)30-19-27(38)28(46-30)22-45-48(43,47-26-15-10-9-11-16-26)36-24(4)32(41)44-21-23(2)3/h9-11,15-16,20,23-24,27-28,30,38H,5-8,12,17-19,21-22H2,1-4H3,(H,34,39)(H,36,43)(H,35,40,42)/t24-,27-,28+,30?,48?/m0/s1. The van der Waals surface area contributed by atoms with Gasteiger partial charge in [-0.05, 0) is 31.4 Å². The summed E-state index contributed by atoms with van der Waals surface area (Å²) in [5.41, 5.74) is -1.53. The summed E-state index contributed by atoms with van der Waals surface area (Å²) in [6.45, 7) is 7.10. The lowest BCUT2D eigenvalue weighted by Crippen LogP contribution is -2.37. The molecule has 48 heavy (non-hydrogen) atoms. The van der Waals surface area contributed by atoms with Gasteiger partial charge in [-0.25, -0.2) is 9.36 Å². The molecule has 2 heterocycles. The number of carbonyl (C=O) groups excluding carboxylic acids is 2. The van der Waals surface area contributed by atoms with Crippen LogP contribution in [0.15, 0.2) is 46.1 Å². The summed E-state index contributed by atoms with van der Waals surface area (Å²) in [5, 5.41) is 16.0. The molecule has 0 aliphatic carbocycles. The van der Waals surface area contributed by atoms with Crippen molar-refractivity contribution in [2.75, 3.05) is 19.8 Å². The van der Waals surface area contributed by atoms with Crippen molar-refractivity contribution in [1.82, 2.24) is 20.0 Å². The van der Waals surface area contributed by atoms with E-state index in [0.29, 0.717) is 6.42 Å². The van der Waals surface area contributed by atoms with Gasteiger partial charge in [-0.3, -0.25) is 28.5 Å². The van der Waals surface area contributed by atoms with Crippen LogP contribution in [0.4, 0.5) is 0 Å². The van der Waals surface area contributed by atoms with E-state index in [1.165, 1.54) is 13.1 Å².